The highest BCUT2D eigenvalue weighted by Gasteiger charge is 2.84. The Bertz CT molecular complexity index is 1110. The lowest BCUT2D eigenvalue weighted by molar-refractivity contribution is -0.326. The Morgan fingerprint density at radius 3 is 1.62 bits per heavy atom. The molecule has 0 unspecified atom stereocenters. The molecule has 3 nitrogen and oxygen atoms in total. The van der Waals surface area contributed by atoms with E-state index in [1.807, 2.05) is 0 Å². The van der Waals surface area contributed by atoms with Crippen LogP contribution >= 0.6 is 11.6 Å². The third-order valence-electron chi connectivity index (χ3n) is 4.10. The number of carbonyl (C=O) groups is 1. The molecule has 13 heteroatoms. The lowest BCUT2D eigenvalue weighted by Gasteiger charge is -2.34. The van der Waals surface area contributed by atoms with Crippen molar-refractivity contribution in [2.24, 2.45) is 0 Å². The fourth-order valence-electron chi connectivity index (χ4n) is 2.37. The van der Waals surface area contributed by atoms with E-state index in [0.29, 0.717) is 0 Å². The van der Waals surface area contributed by atoms with Crippen molar-refractivity contribution in [2.75, 3.05) is 0 Å². The number of alkyl halides is 9. The minimum atomic E-state index is -7.21. The van der Waals surface area contributed by atoms with Gasteiger partial charge in [-0.2, -0.15) is 35.1 Å². The Labute approximate surface area is 181 Å². The van der Waals surface area contributed by atoms with Crippen LogP contribution in [0.3, 0.4) is 0 Å². The lowest BCUT2D eigenvalue weighted by atomic mass is 10.1. The SMILES string of the molecule is O=C(/C(=C/c1ccccc1)S(=O)(=O)C(F)(F)C(F)(F)C(F)(F)C(F)(F)Cl)c1ccccc1. The fourth-order valence-corrected chi connectivity index (χ4v) is 3.88. The molecule has 0 atom stereocenters. The van der Waals surface area contributed by atoms with Gasteiger partial charge in [0, 0.05) is 5.56 Å². The van der Waals surface area contributed by atoms with E-state index in [-0.39, 0.29) is 11.6 Å². The number of Topliss-reactive ketones (excluding diaryl/α,β-unsaturated/α-hetero) is 1. The molecule has 0 radical (unpaired) electrons. The van der Waals surface area contributed by atoms with Crippen LogP contribution in [0.1, 0.15) is 15.9 Å². The average Bonchev–Trinajstić information content (AvgIpc) is 2.71. The number of hydrogen-bond acceptors (Lipinski definition) is 3. The molecular weight excluding hydrogens is 496 g/mol. The molecule has 0 aliphatic carbocycles. The van der Waals surface area contributed by atoms with Crippen LogP contribution in [0.5, 0.6) is 0 Å². The number of hydrogen-bond donors (Lipinski definition) is 0. The van der Waals surface area contributed by atoms with Crippen molar-refractivity contribution in [3.05, 3.63) is 76.7 Å². The number of benzene rings is 2. The highest BCUT2D eigenvalue weighted by Crippen LogP contribution is 2.56. The predicted octanol–water partition coefficient (Wildman–Crippen LogP) is 6.02. The largest absolute Gasteiger partial charge is 0.418 e. The molecule has 0 amide bonds. The zero-order chi connectivity index (χ0) is 24.6. The van der Waals surface area contributed by atoms with E-state index in [4.69, 9.17) is 0 Å². The first-order valence-corrected chi connectivity index (χ1v) is 10.2. The molecular formula is C19H11ClF8O3S. The van der Waals surface area contributed by atoms with Gasteiger partial charge in [0.25, 0.3) is 9.84 Å². The molecule has 0 saturated heterocycles. The molecule has 0 fully saturated rings. The molecule has 0 heterocycles. The Morgan fingerprint density at radius 1 is 0.750 bits per heavy atom. The molecule has 2 aromatic carbocycles. The van der Waals surface area contributed by atoms with Crippen LogP contribution in [0.4, 0.5) is 35.1 Å². The van der Waals surface area contributed by atoms with Crippen molar-refractivity contribution < 1.29 is 48.3 Å². The van der Waals surface area contributed by atoms with Crippen LogP contribution in [0.15, 0.2) is 65.6 Å². The summed E-state index contributed by atoms with van der Waals surface area (Å²) in [5.41, 5.74) is -0.837. The van der Waals surface area contributed by atoms with Crippen molar-refractivity contribution in [3.63, 3.8) is 0 Å². The summed E-state index contributed by atoms with van der Waals surface area (Å²) < 4.78 is 134. The van der Waals surface area contributed by atoms with Gasteiger partial charge in [0.2, 0.25) is 5.78 Å². The second-order valence-corrected chi connectivity index (χ2v) is 8.72. The fraction of sp³-hybridized carbons (Fsp3) is 0.211. The summed E-state index contributed by atoms with van der Waals surface area (Å²) in [6.07, 6.45) is 0.242. The predicted molar refractivity (Wildman–Crippen MR) is 99.8 cm³/mol. The van der Waals surface area contributed by atoms with Crippen molar-refractivity contribution >= 4 is 33.3 Å². The third kappa shape index (κ3) is 4.25. The Hall–Kier alpha value is -2.47. The Balaban J connectivity index is 2.77. The van der Waals surface area contributed by atoms with Gasteiger partial charge in [-0.15, -0.1) is 0 Å². The van der Waals surface area contributed by atoms with Gasteiger partial charge in [-0.1, -0.05) is 60.7 Å². The van der Waals surface area contributed by atoms with Gasteiger partial charge < -0.3 is 0 Å². The minimum Gasteiger partial charge on any atom is -0.288 e. The normalized spacial score (nSPS) is 14.3. The number of sulfone groups is 1. The molecule has 0 aliphatic heterocycles. The smallest absolute Gasteiger partial charge is 0.288 e. The summed E-state index contributed by atoms with van der Waals surface area (Å²) in [5.74, 6) is -16.0. The molecule has 0 saturated carbocycles. The Morgan fingerprint density at radius 2 is 1.19 bits per heavy atom. The summed E-state index contributed by atoms with van der Waals surface area (Å²) in [7, 11) is -6.99. The van der Waals surface area contributed by atoms with Gasteiger partial charge in [0.1, 0.15) is 4.91 Å². The first kappa shape index (κ1) is 25.8. The minimum absolute atomic E-state index is 0.242. The van der Waals surface area contributed by atoms with Gasteiger partial charge in [0.15, 0.2) is 0 Å². The maximum Gasteiger partial charge on any atom is 0.418 e. The van der Waals surface area contributed by atoms with Gasteiger partial charge in [0.05, 0.1) is 0 Å². The highest BCUT2D eigenvalue weighted by atomic mass is 35.5. The molecule has 0 aromatic heterocycles. The van der Waals surface area contributed by atoms with Crippen LogP contribution in [0, 0.1) is 0 Å². The maximum atomic E-state index is 14.4. The summed E-state index contributed by atoms with van der Waals surface area (Å²) in [6.45, 7) is 0. The quantitative estimate of drug-likeness (QED) is 0.190. The highest BCUT2D eigenvalue weighted by molar-refractivity contribution is 7.97. The molecule has 0 spiro atoms. The van der Waals surface area contributed by atoms with Crippen molar-refractivity contribution in [2.45, 2.75) is 22.5 Å². The van der Waals surface area contributed by atoms with E-state index >= 15 is 0 Å². The molecule has 2 aromatic rings. The zero-order valence-corrected chi connectivity index (χ0v) is 17.0. The molecule has 2 rings (SSSR count). The monoisotopic (exact) mass is 506 g/mol. The number of halogens is 9. The van der Waals surface area contributed by atoms with Crippen LogP contribution in [-0.2, 0) is 9.84 Å². The summed E-state index contributed by atoms with van der Waals surface area (Å²) in [6, 6.07) is 11.7. The average molecular weight is 507 g/mol. The second-order valence-electron chi connectivity index (χ2n) is 6.28. The summed E-state index contributed by atoms with van der Waals surface area (Å²) in [4.78, 5) is 10.6. The second kappa shape index (κ2) is 8.47. The molecule has 0 N–H and O–H groups in total. The van der Waals surface area contributed by atoms with E-state index in [2.05, 4.69) is 11.6 Å². The first-order chi connectivity index (χ1) is 14.5. The van der Waals surface area contributed by atoms with Crippen molar-refractivity contribution in [1.82, 2.24) is 0 Å². The van der Waals surface area contributed by atoms with Crippen molar-refractivity contribution in [1.29, 1.82) is 0 Å². The number of ketones is 1. The third-order valence-corrected chi connectivity index (χ3v) is 6.15. The van der Waals surface area contributed by atoms with Crippen LogP contribution in [0.25, 0.3) is 6.08 Å². The number of carbonyl (C=O) groups excluding carboxylic acids is 1. The van der Waals surface area contributed by atoms with Crippen LogP contribution in [-0.4, -0.2) is 36.7 Å². The first-order valence-electron chi connectivity index (χ1n) is 8.30. The van der Waals surface area contributed by atoms with Gasteiger partial charge in [-0.3, -0.25) is 4.79 Å². The van der Waals surface area contributed by atoms with Gasteiger partial charge in [-0.05, 0) is 23.2 Å². The summed E-state index contributed by atoms with van der Waals surface area (Å²) in [5, 5.41) is -13.1. The molecule has 32 heavy (non-hydrogen) atoms. The van der Waals surface area contributed by atoms with E-state index < -0.39 is 48.6 Å². The van der Waals surface area contributed by atoms with Gasteiger partial charge >= 0.3 is 22.5 Å². The number of allylic oxidation sites excluding steroid dienone is 1. The van der Waals surface area contributed by atoms with Crippen molar-refractivity contribution in [3.8, 4) is 0 Å². The topological polar surface area (TPSA) is 51.2 Å². The number of rotatable bonds is 8. The maximum absolute atomic E-state index is 14.4. The zero-order valence-electron chi connectivity index (χ0n) is 15.4. The standard InChI is InChI=1S/C19H11ClF8O3S/c20-18(25,26)16(21,22)17(23,24)19(27,28)32(30,31)14(11-12-7-3-1-4-8-12)15(29)13-9-5-2-6-10-13/h1-11H/b14-11-. The lowest BCUT2D eigenvalue weighted by Crippen LogP contribution is -2.63. The van der Waals surface area contributed by atoms with Crippen LogP contribution < -0.4 is 0 Å². The molecule has 0 aliphatic rings. The summed E-state index contributed by atoms with van der Waals surface area (Å²) >= 11 is 3.86. The van der Waals surface area contributed by atoms with Gasteiger partial charge in [-0.25, -0.2) is 8.42 Å². The van der Waals surface area contributed by atoms with E-state index in [0.717, 1.165) is 24.3 Å². The molecule has 0 bridgehead atoms. The van der Waals surface area contributed by atoms with E-state index in [1.165, 1.54) is 36.4 Å². The molecule has 174 valence electrons. The van der Waals surface area contributed by atoms with E-state index in [9.17, 15) is 48.3 Å². The van der Waals surface area contributed by atoms with Crippen LogP contribution in [0.2, 0.25) is 0 Å². The van der Waals surface area contributed by atoms with E-state index in [1.54, 1.807) is 0 Å². The Kier molecular flexibility index (Phi) is 6.82.